The summed E-state index contributed by atoms with van der Waals surface area (Å²) >= 11 is 0. The zero-order valence-corrected chi connectivity index (χ0v) is 6.47. The molecule has 0 saturated carbocycles. The number of hydrogen-bond acceptors (Lipinski definition) is 3. The maximum Gasteiger partial charge on any atom is 0.292 e. The lowest BCUT2D eigenvalue weighted by Crippen LogP contribution is -2.17. The van der Waals surface area contributed by atoms with Crippen molar-refractivity contribution in [1.29, 1.82) is 0 Å². The number of rotatable bonds is 2. The molecule has 0 aliphatic heterocycles. The molecule has 1 heterocycles. The number of aromatic nitrogens is 1. The molecule has 0 bridgehead atoms. The molecule has 0 aliphatic carbocycles. The van der Waals surface area contributed by atoms with E-state index in [0.717, 1.165) is 0 Å². The summed E-state index contributed by atoms with van der Waals surface area (Å²) in [5, 5.41) is 9.01. The van der Waals surface area contributed by atoms with Gasteiger partial charge in [0.2, 0.25) is 0 Å². The van der Waals surface area contributed by atoms with Gasteiger partial charge in [-0.3, -0.25) is 4.79 Å². The van der Waals surface area contributed by atoms with Crippen LogP contribution in [0.2, 0.25) is 0 Å². The molecule has 1 rings (SSSR count). The number of nitrogens with two attached hydrogens (primary N) is 1. The van der Waals surface area contributed by atoms with Crippen molar-refractivity contribution < 1.29 is 5.11 Å². The van der Waals surface area contributed by atoms with Crippen LogP contribution in [0, 0.1) is 0 Å². The molecule has 0 saturated heterocycles. The normalized spacial score (nSPS) is 10.7. The molecule has 0 unspecified atom stereocenters. The minimum Gasteiger partial charge on any atom is -0.503 e. The van der Waals surface area contributed by atoms with Crippen molar-refractivity contribution in [1.82, 2.24) is 4.57 Å². The van der Waals surface area contributed by atoms with E-state index in [4.69, 9.17) is 10.8 Å². The number of aromatic hydroxyl groups is 1. The van der Waals surface area contributed by atoms with Gasteiger partial charge >= 0.3 is 0 Å². The van der Waals surface area contributed by atoms with Crippen LogP contribution in [0.1, 0.15) is 0 Å². The van der Waals surface area contributed by atoms with Crippen LogP contribution >= 0.6 is 0 Å². The minimum absolute atomic E-state index is 0.247. The van der Waals surface area contributed by atoms with Crippen molar-refractivity contribution in [2.45, 2.75) is 6.54 Å². The zero-order chi connectivity index (χ0) is 8.97. The van der Waals surface area contributed by atoms with Crippen molar-refractivity contribution in [2.24, 2.45) is 5.73 Å². The average Bonchev–Trinajstić information content (AvgIpc) is 2.08. The smallest absolute Gasteiger partial charge is 0.292 e. The number of hydrogen-bond donors (Lipinski definition) is 2. The van der Waals surface area contributed by atoms with Crippen molar-refractivity contribution in [3.8, 4) is 5.75 Å². The molecule has 1 aromatic heterocycles. The second-order valence-electron chi connectivity index (χ2n) is 2.28. The van der Waals surface area contributed by atoms with E-state index in [9.17, 15) is 4.79 Å². The molecule has 0 fully saturated rings. The van der Waals surface area contributed by atoms with Gasteiger partial charge in [0.15, 0.2) is 5.75 Å². The van der Waals surface area contributed by atoms with Crippen LogP contribution in [0.4, 0.5) is 0 Å². The third-order valence-electron chi connectivity index (χ3n) is 1.44. The van der Waals surface area contributed by atoms with Crippen molar-refractivity contribution in [2.75, 3.05) is 0 Å². The van der Waals surface area contributed by atoms with Gasteiger partial charge in [0, 0.05) is 12.7 Å². The lowest BCUT2D eigenvalue weighted by molar-refractivity contribution is 0.459. The SMILES string of the molecule is N/C=C/Cn1cccc(O)c1=O. The van der Waals surface area contributed by atoms with E-state index < -0.39 is 5.56 Å². The Balaban J connectivity index is 3.00. The van der Waals surface area contributed by atoms with E-state index in [-0.39, 0.29) is 5.75 Å². The summed E-state index contributed by atoms with van der Waals surface area (Å²) < 4.78 is 1.36. The van der Waals surface area contributed by atoms with Gasteiger partial charge in [-0.25, -0.2) is 0 Å². The molecule has 4 heteroatoms. The molecule has 0 spiro atoms. The molecule has 0 atom stereocenters. The quantitative estimate of drug-likeness (QED) is 0.651. The van der Waals surface area contributed by atoms with Crippen LogP contribution < -0.4 is 11.3 Å². The van der Waals surface area contributed by atoms with E-state index in [0.29, 0.717) is 6.54 Å². The van der Waals surface area contributed by atoms with Crippen LogP contribution in [0.5, 0.6) is 5.75 Å². The third kappa shape index (κ3) is 1.66. The van der Waals surface area contributed by atoms with Crippen molar-refractivity contribution >= 4 is 0 Å². The highest BCUT2D eigenvalue weighted by Crippen LogP contribution is 1.97. The van der Waals surface area contributed by atoms with Crippen LogP contribution in [-0.4, -0.2) is 9.67 Å². The number of pyridine rings is 1. The maximum absolute atomic E-state index is 11.1. The lowest BCUT2D eigenvalue weighted by Gasteiger charge is -2.00. The predicted octanol–water partition coefficient (Wildman–Crippen LogP) is 0.0263. The molecule has 3 N–H and O–H groups in total. The summed E-state index contributed by atoms with van der Waals surface area (Å²) in [6.45, 7) is 0.379. The fraction of sp³-hybridized carbons (Fsp3) is 0.125. The van der Waals surface area contributed by atoms with E-state index in [1.807, 2.05) is 0 Å². The van der Waals surface area contributed by atoms with E-state index in [1.54, 1.807) is 18.3 Å². The highest BCUT2D eigenvalue weighted by atomic mass is 16.3. The van der Waals surface area contributed by atoms with Crippen LogP contribution in [0.15, 0.2) is 35.4 Å². The second kappa shape index (κ2) is 3.61. The second-order valence-corrected chi connectivity index (χ2v) is 2.28. The largest absolute Gasteiger partial charge is 0.503 e. The van der Waals surface area contributed by atoms with Gasteiger partial charge in [-0.2, -0.15) is 0 Å². The predicted molar refractivity (Wildman–Crippen MR) is 45.7 cm³/mol. The Bertz CT molecular complexity index is 341. The standard InChI is InChI=1S/C8H10N2O2/c9-4-2-6-10-5-1-3-7(11)8(10)12/h1-5,11H,6,9H2/b4-2+. The third-order valence-corrected chi connectivity index (χ3v) is 1.44. The van der Waals surface area contributed by atoms with Gasteiger partial charge in [0.05, 0.1) is 0 Å². The average molecular weight is 166 g/mol. The Hall–Kier alpha value is -1.71. The summed E-state index contributed by atoms with van der Waals surface area (Å²) in [7, 11) is 0. The molecular formula is C8H10N2O2. The summed E-state index contributed by atoms with van der Waals surface area (Å²) in [6, 6.07) is 2.95. The Morgan fingerprint density at radius 3 is 3.08 bits per heavy atom. The first-order chi connectivity index (χ1) is 5.75. The highest BCUT2D eigenvalue weighted by Gasteiger charge is 1.97. The fourth-order valence-electron chi connectivity index (χ4n) is 0.842. The summed E-state index contributed by atoms with van der Waals surface area (Å²) in [6.07, 6.45) is 4.57. The molecule has 0 radical (unpaired) electrons. The van der Waals surface area contributed by atoms with Crippen LogP contribution in [0.3, 0.4) is 0 Å². The zero-order valence-electron chi connectivity index (χ0n) is 6.47. The molecule has 0 aliphatic rings. The molecule has 0 aromatic carbocycles. The monoisotopic (exact) mass is 166 g/mol. The van der Waals surface area contributed by atoms with Gasteiger partial charge in [-0.05, 0) is 24.4 Å². The van der Waals surface area contributed by atoms with Gasteiger partial charge in [0.25, 0.3) is 5.56 Å². The van der Waals surface area contributed by atoms with E-state index in [2.05, 4.69) is 0 Å². The van der Waals surface area contributed by atoms with Gasteiger partial charge in [0.1, 0.15) is 0 Å². The van der Waals surface area contributed by atoms with Gasteiger partial charge < -0.3 is 15.4 Å². The Kier molecular flexibility index (Phi) is 2.53. The summed E-state index contributed by atoms with van der Waals surface area (Å²) in [5.41, 5.74) is 4.70. The van der Waals surface area contributed by atoms with E-state index >= 15 is 0 Å². The highest BCUT2D eigenvalue weighted by molar-refractivity contribution is 5.15. The van der Waals surface area contributed by atoms with Gasteiger partial charge in [-0.1, -0.05) is 0 Å². The molecule has 12 heavy (non-hydrogen) atoms. The maximum atomic E-state index is 11.1. The first-order valence-electron chi connectivity index (χ1n) is 3.51. The fourth-order valence-corrected chi connectivity index (χ4v) is 0.842. The molecule has 1 aromatic rings. The Labute approximate surface area is 69.6 Å². The molecule has 0 amide bonds. The summed E-state index contributed by atoms with van der Waals surface area (Å²) in [5.74, 6) is -0.247. The van der Waals surface area contributed by atoms with Crippen LogP contribution in [-0.2, 0) is 6.54 Å². The summed E-state index contributed by atoms with van der Waals surface area (Å²) in [4.78, 5) is 11.1. The topological polar surface area (TPSA) is 68.2 Å². The van der Waals surface area contributed by atoms with Crippen LogP contribution in [0.25, 0.3) is 0 Å². The molecule has 4 nitrogen and oxygen atoms in total. The van der Waals surface area contributed by atoms with Crippen molar-refractivity contribution in [3.05, 3.63) is 41.0 Å². The number of allylic oxidation sites excluding steroid dienone is 1. The Morgan fingerprint density at radius 2 is 2.42 bits per heavy atom. The van der Waals surface area contributed by atoms with Gasteiger partial charge in [-0.15, -0.1) is 0 Å². The number of nitrogens with zero attached hydrogens (tertiary/aromatic N) is 1. The molecular weight excluding hydrogens is 156 g/mol. The minimum atomic E-state index is -0.407. The molecule has 64 valence electrons. The first-order valence-corrected chi connectivity index (χ1v) is 3.51. The first kappa shape index (κ1) is 8.39. The van der Waals surface area contributed by atoms with Crippen molar-refractivity contribution in [3.63, 3.8) is 0 Å². The Morgan fingerprint density at radius 1 is 1.67 bits per heavy atom. The lowest BCUT2D eigenvalue weighted by atomic mass is 10.4. The van der Waals surface area contributed by atoms with E-state index in [1.165, 1.54) is 16.8 Å².